The summed E-state index contributed by atoms with van der Waals surface area (Å²) >= 11 is 0. The smallest absolute Gasteiger partial charge is 0.328 e. The third-order valence-corrected chi connectivity index (χ3v) is 2.85. The van der Waals surface area contributed by atoms with Gasteiger partial charge < -0.3 is 15.8 Å². The van der Waals surface area contributed by atoms with E-state index in [4.69, 9.17) is 10.5 Å². The summed E-state index contributed by atoms with van der Waals surface area (Å²) in [5.74, 6) is 0.234. The number of nitrogen functional groups attached to an aromatic ring is 1. The number of carbonyl (C=O) groups excluding carboxylic acids is 1. The average molecular weight is 275 g/mol. The summed E-state index contributed by atoms with van der Waals surface area (Å²) in [6, 6.07) is 3.07. The molecule has 7 nitrogen and oxygen atoms in total. The zero-order chi connectivity index (χ0) is 14.5. The minimum absolute atomic E-state index is 0.133. The minimum atomic E-state index is -0.482. The van der Waals surface area contributed by atoms with Crippen molar-refractivity contribution < 1.29 is 9.53 Å². The van der Waals surface area contributed by atoms with Crippen LogP contribution in [0.2, 0.25) is 0 Å². The molecule has 0 spiro atoms. The Hall–Kier alpha value is -2.44. The number of fused-ring (bicyclic) bond motifs is 1. The maximum Gasteiger partial charge on any atom is 0.328 e. The van der Waals surface area contributed by atoms with E-state index in [1.54, 1.807) is 18.3 Å². The van der Waals surface area contributed by atoms with Gasteiger partial charge in [-0.1, -0.05) is 13.3 Å². The van der Waals surface area contributed by atoms with Crippen molar-refractivity contribution in [3.05, 3.63) is 18.3 Å². The molecule has 3 N–H and O–H groups in total. The maximum absolute atomic E-state index is 11.7. The van der Waals surface area contributed by atoms with E-state index in [0.29, 0.717) is 23.3 Å². The van der Waals surface area contributed by atoms with E-state index in [-0.39, 0.29) is 11.9 Å². The van der Waals surface area contributed by atoms with Crippen molar-refractivity contribution in [3.63, 3.8) is 0 Å². The average Bonchev–Trinajstić information content (AvgIpc) is 2.45. The van der Waals surface area contributed by atoms with E-state index in [2.05, 4.69) is 20.3 Å². The molecular formula is C13H17N5O2. The summed E-state index contributed by atoms with van der Waals surface area (Å²) in [5.41, 5.74) is 6.88. The Morgan fingerprint density at radius 3 is 3.00 bits per heavy atom. The summed E-state index contributed by atoms with van der Waals surface area (Å²) in [5, 5.41) is 3.05. The van der Waals surface area contributed by atoms with Gasteiger partial charge in [-0.15, -0.1) is 0 Å². The van der Waals surface area contributed by atoms with Crippen LogP contribution in [0.1, 0.15) is 19.8 Å². The first-order valence-electron chi connectivity index (χ1n) is 6.38. The number of methoxy groups -OCH3 is 1. The number of ether oxygens (including phenoxy) is 1. The number of nitrogens with one attached hydrogen (secondary N) is 1. The fraction of sp³-hybridized carbons (Fsp3) is 0.385. The summed E-state index contributed by atoms with van der Waals surface area (Å²) in [6.07, 6.45) is 3.10. The SMILES string of the molecule is CCCC(Nc1nc(N)nc2cccnc12)C(=O)OC. The van der Waals surface area contributed by atoms with E-state index < -0.39 is 6.04 Å². The molecule has 2 aromatic heterocycles. The van der Waals surface area contributed by atoms with Gasteiger partial charge in [0.2, 0.25) is 5.95 Å². The van der Waals surface area contributed by atoms with Gasteiger partial charge in [-0.3, -0.25) is 4.98 Å². The van der Waals surface area contributed by atoms with Gasteiger partial charge >= 0.3 is 5.97 Å². The molecule has 7 heteroatoms. The molecule has 0 aliphatic heterocycles. The number of rotatable bonds is 5. The first kappa shape index (κ1) is 14.0. The largest absolute Gasteiger partial charge is 0.467 e. The standard InChI is InChI=1S/C13H17N5O2/c1-3-5-9(12(19)20-2)16-11-10-8(6-4-7-15-10)17-13(14)18-11/h4,6-7,9H,3,5H2,1-2H3,(H3,14,16,17,18). The van der Waals surface area contributed by atoms with Crippen molar-refractivity contribution in [2.45, 2.75) is 25.8 Å². The molecule has 0 bridgehead atoms. The van der Waals surface area contributed by atoms with E-state index in [1.165, 1.54) is 7.11 Å². The lowest BCUT2D eigenvalue weighted by molar-refractivity contribution is -0.141. The predicted octanol–water partition coefficient (Wildman–Crippen LogP) is 1.36. The number of aromatic nitrogens is 3. The number of hydrogen-bond acceptors (Lipinski definition) is 7. The van der Waals surface area contributed by atoms with Crippen molar-refractivity contribution in [1.82, 2.24) is 15.0 Å². The van der Waals surface area contributed by atoms with E-state index >= 15 is 0 Å². The molecule has 2 aromatic rings. The third kappa shape index (κ3) is 2.93. The molecule has 0 aromatic carbocycles. The van der Waals surface area contributed by atoms with Crippen molar-refractivity contribution in [1.29, 1.82) is 0 Å². The highest BCUT2D eigenvalue weighted by atomic mass is 16.5. The highest BCUT2D eigenvalue weighted by molar-refractivity contribution is 5.88. The summed E-state index contributed by atoms with van der Waals surface area (Å²) in [4.78, 5) is 24.2. The van der Waals surface area contributed by atoms with Crippen LogP contribution in [0.5, 0.6) is 0 Å². The zero-order valence-electron chi connectivity index (χ0n) is 11.5. The predicted molar refractivity (Wildman–Crippen MR) is 76.1 cm³/mol. The second-order valence-electron chi connectivity index (χ2n) is 4.31. The Labute approximate surface area is 116 Å². The van der Waals surface area contributed by atoms with E-state index in [0.717, 1.165) is 6.42 Å². The number of nitrogens with two attached hydrogens (primary N) is 1. The normalized spacial score (nSPS) is 12.1. The van der Waals surface area contributed by atoms with Crippen molar-refractivity contribution >= 4 is 28.8 Å². The number of esters is 1. The lowest BCUT2D eigenvalue weighted by Gasteiger charge is -2.17. The monoisotopic (exact) mass is 275 g/mol. The molecular weight excluding hydrogens is 258 g/mol. The number of carbonyl (C=O) groups is 1. The first-order valence-corrected chi connectivity index (χ1v) is 6.38. The second kappa shape index (κ2) is 6.14. The Bertz CT molecular complexity index is 617. The van der Waals surface area contributed by atoms with Crippen LogP contribution in [0.15, 0.2) is 18.3 Å². The lowest BCUT2D eigenvalue weighted by Crippen LogP contribution is -2.31. The van der Waals surface area contributed by atoms with Crippen LogP contribution >= 0.6 is 0 Å². The van der Waals surface area contributed by atoms with Crippen LogP contribution < -0.4 is 11.1 Å². The molecule has 1 atom stereocenters. The summed E-state index contributed by atoms with van der Waals surface area (Å²) < 4.78 is 4.78. The number of nitrogens with zero attached hydrogens (tertiary/aromatic N) is 3. The number of pyridine rings is 1. The molecule has 0 saturated carbocycles. The summed E-state index contributed by atoms with van der Waals surface area (Å²) in [7, 11) is 1.36. The molecule has 0 fully saturated rings. The number of hydrogen-bond donors (Lipinski definition) is 2. The Morgan fingerprint density at radius 1 is 1.50 bits per heavy atom. The second-order valence-corrected chi connectivity index (χ2v) is 4.31. The Kier molecular flexibility index (Phi) is 4.29. The molecule has 0 amide bonds. The van der Waals surface area contributed by atoms with Crippen LogP contribution in [-0.2, 0) is 9.53 Å². The highest BCUT2D eigenvalue weighted by Crippen LogP contribution is 2.20. The van der Waals surface area contributed by atoms with Gasteiger partial charge in [0, 0.05) is 6.20 Å². The fourth-order valence-corrected chi connectivity index (χ4v) is 1.93. The quantitative estimate of drug-likeness (QED) is 0.794. The van der Waals surface area contributed by atoms with Crippen molar-refractivity contribution in [3.8, 4) is 0 Å². The molecule has 0 aliphatic carbocycles. The van der Waals surface area contributed by atoms with Gasteiger partial charge in [0.15, 0.2) is 5.82 Å². The van der Waals surface area contributed by atoms with Crippen molar-refractivity contribution in [2.24, 2.45) is 0 Å². The molecule has 1 unspecified atom stereocenters. The lowest BCUT2D eigenvalue weighted by atomic mass is 10.1. The van der Waals surface area contributed by atoms with Gasteiger partial charge in [0.05, 0.1) is 12.6 Å². The summed E-state index contributed by atoms with van der Waals surface area (Å²) in [6.45, 7) is 1.99. The first-order chi connectivity index (χ1) is 9.65. The molecule has 0 aliphatic rings. The van der Waals surface area contributed by atoms with E-state index in [9.17, 15) is 4.79 Å². The minimum Gasteiger partial charge on any atom is -0.467 e. The van der Waals surface area contributed by atoms with Gasteiger partial charge in [0.1, 0.15) is 11.6 Å². The van der Waals surface area contributed by atoms with Crippen LogP contribution in [0.4, 0.5) is 11.8 Å². The molecule has 2 rings (SSSR count). The number of anilines is 2. The van der Waals surface area contributed by atoms with Gasteiger partial charge in [-0.05, 0) is 18.6 Å². The molecule has 0 saturated heterocycles. The fourth-order valence-electron chi connectivity index (χ4n) is 1.93. The molecule has 20 heavy (non-hydrogen) atoms. The highest BCUT2D eigenvalue weighted by Gasteiger charge is 2.20. The van der Waals surface area contributed by atoms with Gasteiger partial charge in [-0.25, -0.2) is 9.78 Å². The topological polar surface area (TPSA) is 103 Å². The molecule has 106 valence electrons. The van der Waals surface area contributed by atoms with Crippen LogP contribution in [0, 0.1) is 0 Å². The Balaban J connectivity index is 2.38. The zero-order valence-corrected chi connectivity index (χ0v) is 11.5. The van der Waals surface area contributed by atoms with Gasteiger partial charge in [-0.2, -0.15) is 4.98 Å². The van der Waals surface area contributed by atoms with Crippen molar-refractivity contribution in [2.75, 3.05) is 18.2 Å². The third-order valence-electron chi connectivity index (χ3n) is 2.85. The Morgan fingerprint density at radius 2 is 2.30 bits per heavy atom. The van der Waals surface area contributed by atoms with Crippen LogP contribution in [-0.4, -0.2) is 34.1 Å². The molecule has 2 heterocycles. The van der Waals surface area contributed by atoms with Crippen LogP contribution in [0.25, 0.3) is 11.0 Å². The van der Waals surface area contributed by atoms with Crippen LogP contribution in [0.3, 0.4) is 0 Å². The van der Waals surface area contributed by atoms with E-state index in [1.807, 2.05) is 6.92 Å². The maximum atomic E-state index is 11.7. The molecule has 0 radical (unpaired) electrons. The van der Waals surface area contributed by atoms with Gasteiger partial charge in [0.25, 0.3) is 0 Å².